The van der Waals surface area contributed by atoms with Gasteiger partial charge in [0.2, 0.25) is 0 Å². The van der Waals surface area contributed by atoms with Crippen molar-refractivity contribution >= 4 is 6.03 Å². The second-order valence-electron chi connectivity index (χ2n) is 5.15. The number of likely N-dealkylation sites (tertiary alicyclic amines) is 1. The molecule has 1 atom stereocenters. The van der Waals surface area contributed by atoms with Crippen LogP contribution in [0.15, 0.2) is 0 Å². The Morgan fingerprint density at radius 1 is 1.53 bits per heavy atom. The fourth-order valence-electron chi connectivity index (χ4n) is 2.09. The maximum atomic E-state index is 12.0. The van der Waals surface area contributed by atoms with E-state index in [-0.39, 0.29) is 11.6 Å². The zero-order valence-corrected chi connectivity index (χ0v) is 11.3. The molecule has 1 unspecified atom stereocenters. The molecule has 100 valence electrons. The third-order valence-electron chi connectivity index (χ3n) is 3.45. The molecule has 1 rings (SSSR count). The molecule has 1 saturated heterocycles. The second kappa shape index (κ2) is 5.69. The number of likely N-dealkylation sites (N-methyl/N-ethyl adjacent to an activating group) is 1. The van der Waals surface area contributed by atoms with Crippen molar-refractivity contribution in [2.24, 2.45) is 0 Å². The number of rotatable bonds is 3. The topological polar surface area (TPSA) is 53.0 Å². The zero-order chi connectivity index (χ0) is 13.1. The highest BCUT2D eigenvalue weighted by atomic mass is 16.5. The SMILES string of the molecule is COC1(C)CCN(C(=O)N(C)CC(C)O)CC1. The molecule has 1 heterocycles. The number of piperidine rings is 1. The largest absolute Gasteiger partial charge is 0.392 e. The molecule has 2 amide bonds. The van der Waals surface area contributed by atoms with E-state index in [4.69, 9.17) is 4.74 Å². The van der Waals surface area contributed by atoms with E-state index in [0.29, 0.717) is 19.6 Å². The van der Waals surface area contributed by atoms with Gasteiger partial charge >= 0.3 is 6.03 Å². The summed E-state index contributed by atoms with van der Waals surface area (Å²) in [6, 6.07) is -0.0101. The minimum atomic E-state index is -0.488. The van der Waals surface area contributed by atoms with Gasteiger partial charge in [-0.2, -0.15) is 0 Å². The van der Waals surface area contributed by atoms with Crippen molar-refractivity contribution in [3.8, 4) is 0 Å². The van der Waals surface area contributed by atoms with Gasteiger partial charge in [0.15, 0.2) is 0 Å². The number of aliphatic hydroxyl groups is 1. The fraction of sp³-hybridized carbons (Fsp3) is 0.917. The summed E-state index contributed by atoms with van der Waals surface area (Å²) in [6.45, 7) is 5.56. The van der Waals surface area contributed by atoms with Gasteiger partial charge in [0, 0.05) is 33.8 Å². The molecule has 1 fully saturated rings. The normalized spacial score (nSPS) is 21.1. The monoisotopic (exact) mass is 244 g/mol. The molecule has 0 spiro atoms. The molecule has 0 aliphatic carbocycles. The number of ether oxygens (including phenoxy) is 1. The van der Waals surface area contributed by atoms with Gasteiger partial charge in [-0.3, -0.25) is 0 Å². The standard InChI is InChI=1S/C12H24N2O3/c1-10(15)9-13(3)11(16)14-7-5-12(2,17-4)6-8-14/h10,15H,5-9H2,1-4H3. The lowest BCUT2D eigenvalue weighted by molar-refractivity contribution is -0.0375. The molecule has 1 N–H and O–H groups in total. The van der Waals surface area contributed by atoms with E-state index in [1.165, 1.54) is 0 Å². The predicted molar refractivity (Wildman–Crippen MR) is 65.9 cm³/mol. The molecule has 0 aromatic carbocycles. The van der Waals surface area contributed by atoms with E-state index in [1.54, 1.807) is 26.0 Å². The summed E-state index contributed by atoms with van der Waals surface area (Å²) >= 11 is 0. The van der Waals surface area contributed by atoms with Gasteiger partial charge in [-0.25, -0.2) is 4.79 Å². The summed E-state index contributed by atoms with van der Waals surface area (Å²) < 4.78 is 5.44. The Morgan fingerprint density at radius 3 is 2.47 bits per heavy atom. The van der Waals surface area contributed by atoms with Gasteiger partial charge in [0.1, 0.15) is 0 Å². The van der Waals surface area contributed by atoms with Crippen molar-refractivity contribution in [1.29, 1.82) is 0 Å². The lowest BCUT2D eigenvalue weighted by Gasteiger charge is -2.39. The van der Waals surface area contributed by atoms with E-state index < -0.39 is 6.10 Å². The van der Waals surface area contributed by atoms with Crippen molar-refractivity contribution in [3.63, 3.8) is 0 Å². The minimum Gasteiger partial charge on any atom is -0.392 e. The van der Waals surface area contributed by atoms with Gasteiger partial charge < -0.3 is 19.6 Å². The number of carbonyl (C=O) groups excluding carboxylic acids is 1. The third-order valence-corrected chi connectivity index (χ3v) is 3.45. The van der Waals surface area contributed by atoms with Crippen molar-refractivity contribution in [2.45, 2.75) is 38.4 Å². The number of nitrogens with zero attached hydrogens (tertiary/aromatic N) is 2. The van der Waals surface area contributed by atoms with Gasteiger partial charge in [-0.1, -0.05) is 0 Å². The molecule has 0 aromatic rings. The van der Waals surface area contributed by atoms with Crippen molar-refractivity contribution in [1.82, 2.24) is 9.80 Å². The maximum Gasteiger partial charge on any atom is 0.319 e. The number of aliphatic hydroxyl groups excluding tert-OH is 1. The highest BCUT2D eigenvalue weighted by molar-refractivity contribution is 5.74. The number of methoxy groups -OCH3 is 1. The van der Waals surface area contributed by atoms with E-state index in [0.717, 1.165) is 12.8 Å². The molecule has 17 heavy (non-hydrogen) atoms. The molecular formula is C12H24N2O3. The van der Waals surface area contributed by atoms with Crippen LogP contribution in [0.25, 0.3) is 0 Å². The van der Waals surface area contributed by atoms with Gasteiger partial charge in [0.05, 0.1) is 11.7 Å². The van der Waals surface area contributed by atoms with Crippen LogP contribution >= 0.6 is 0 Å². The number of carbonyl (C=O) groups is 1. The Morgan fingerprint density at radius 2 is 2.06 bits per heavy atom. The Kier molecular flexibility index (Phi) is 4.77. The maximum absolute atomic E-state index is 12.0. The summed E-state index contributed by atoms with van der Waals surface area (Å²) in [6.07, 6.45) is 1.23. The first kappa shape index (κ1) is 14.3. The Labute approximate surface area is 103 Å². The Bertz CT molecular complexity index is 260. The molecule has 5 heteroatoms. The lowest BCUT2D eigenvalue weighted by atomic mass is 9.93. The number of hydrogen-bond donors (Lipinski definition) is 1. The summed E-state index contributed by atoms with van der Waals surface area (Å²) in [4.78, 5) is 15.4. The molecule has 0 radical (unpaired) electrons. The number of amides is 2. The average Bonchev–Trinajstić information content (AvgIpc) is 2.28. The van der Waals surface area contributed by atoms with Crippen LogP contribution in [0.5, 0.6) is 0 Å². The second-order valence-corrected chi connectivity index (χ2v) is 5.15. The van der Waals surface area contributed by atoms with Crippen molar-refractivity contribution in [2.75, 3.05) is 33.8 Å². The van der Waals surface area contributed by atoms with Crippen LogP contribution in [0.4, 0.5) is 4.79 Å². The first-order valence-corrected chi connectivity index (χ1v) is 6.11. The van der Waals surface area contributed by atoms with Gasteiger partial charge in [-0.15, -0.1) is 0 Å². The van der Waals surface area contributed by atoms with Crippen LogP contribution < -0.4 is 0 Å². The molecule has 0 saturated carbocycles. The average molecular weight is 244 g/mol. The molecule has 5 nitrogen and oxygen atoms in total. The highest BCUT2D eigenvalue weighted by Gasteiger charge is 2.32. The summed E-state index contributed by atoms with van der Waals surface area (Å²) in [7, 11) is 3.44. The molecule has 1 aliphatic rings. The van der Waals surface area contributed by atoms with Crippen molar-refractivity contribution in [3.05, 3.63) is 0 Å². The molecule has 1 aliphatic heterocycles. The Hall–Kier alpha value is -0.810. The van der Waals surface area contributed by atoms with Gasteiger partial charge in [0.25, 0.3) is 0 Å². The quantitative estimate of drug-likeness (QED) is 0.803. The highest BCUT2D eigenvalue weighted by Crippen LogP contribution is 2.25. The predicted octanol–water partition coefficient (Wildman–Crippen LogP) is 0.920. The van der Waals surface area contributed by atoms with E-state index in [2.05, 4.69) is 6.92 Å². The summed E-state index contributed by atoms with van der Waals surface area (Å²) in [5, 5.41) is 9.26. The van der Waals surface area contributed by atoms with Crippen LogP contribution in [-0.4, -0.2) is 66.4 Å². The van der Waals surface area contributed by atoms with Crippen LogP contribution in [-0.2, 0) is 4.74 Å². The van der Waals surface area contributed by atoms with Gasteiger partial charge in [-0.05, 0) is 26.7 Å². The molecule has 0 aromatic heterocycles. The molecular weight excluding hydrogens is 220 g/mol. The smallest absolute Gasteiger partial charge is 0.319 e. The summed E-state index contributed by atoms with van der Waals surface area (Å²) in [5.41, 5.74) is -0.0976. The van der Waals surface area contributed by atoms with E-state index in [1.807, 2.05) is 4.90 Å². The van der Waals surface area contributed by atoms with Crippen LogP contribution in [0.3, 0.4) is 0 Å². The zero-order valence-electron chi connectivity index (χ0n) is 11.3. The van der Waals surface area contributed by atoms with E-state index >= 15 is 0 Å². The number of hydrogen-bond acceptors (Lipinski definition) is 3. The van der Waals surface area contributed by atoms with E-state index in [9.17, 15) is 9.90 Å². The van der Waals surface area contributed by atoms with Crippen LogP contribution in [0.1, 0.15) is 26.7 Å². The Balaban J connectivity index is 2.46. The number of urea groups is 1. The first-order chi connectivity index (χ1) is 7.88. The first-order valence-electron chi connectivity index (χ1n) is 6.11. The third kappa shape index (κ3) is 3.85. The van der Waals surface area contributed by atoms with Crippen LogP contribution in [0.2, 0.25) is 0 Å². The minimum absolute atomic E-state index is 0.0101. The van der Waals surface area contributed by atoms with Crippen LogP contribution in [0, 0.1) is 0 Å². The lowest BCUT2D eigenvalue weighted by Crippen LogP contribution is -2.50. The van der Waals surface area contributed by atoms with Crippen molar-refractivity contribution < 1.29 is 14.6 Å². The fourth-order valence-corrected chi connectivity index (χ4v) is 2.09. The molecule has 0 bridgehead atoms. The summed E-state index contributed by atoms with van der Waals surface area (Å²) in [5.74, 6) is 0.